The van der Waals surface area contributed by atoms with Crippen molar-refractivity contribution in [1.82, 2.24) is 4.90 Å². The summed E-state index contributed by atoms with van der Waals surface area (Å²) in [6, 6.07) is 21.3. The van der Waals surface area contributed by atoms with Crippen molar-refractivity contribution in [3.8, 4) is 0 Å². The quantitative estimate of drug-likeness (QED) is 0.843. The van der Waals surface area contributed by atoms with Crippen LogP contribution in [0.4, 0.5) is 0 Å². The molecule has 2 nitrogen and oxygen atoms in total. The fraction of sp³-hybridized carbons (Fsp3) is 0.435. The van der Waals surface area contributed by atoms with Crippen molar-refractivity contribution in [3.63, 3.8) is 0 Å². The molecule has 3 saturated heterocycles. The lowest BCUT2D eigenvalue weighted by molar-refractivity contribution is -0.152. The van der Waals surface area contributed by atoms with Gasteiger partial charge in [0, 0.05) is 24.9 Å². The van der Waals surface area contributed by atoms with E-state index in [1.807, 2.05) is 0 Å². The van der Waals surface area contributed by atoms with Crippen LogP contribution in [0.15, 0.2) is 60.7 Å². The summed E-state index contributed by atoms with van der Waals surface area (Å²) in [7, 11) is 0. The number of hydrogen-bond donors (Lipinski definition) is 0. The number of rotatable bonds is 3. The summed E-state index contributed by atoms with van der Waals surface area (Å²) in [5, 5.41) is 0. The number of nitrogens with zero attached hydrogens (tertiary/aromatic N) is 1. The molecule has 4 aliphatic rings. The largest absolute Gasteiger partial charge is 0.298 e. The third kappa shape index (κ3) is 2.46. The number of carbonyl (C=O) groups is 1. The van der Waals surface area contributed by atoms with Crippen molar-refractivity contribution in [2.75, 3.05) is 13.1 Å². The molecule has 1 aliphatic carbocycles. The van der Waals surface area contributed by atoms with Crippen LogP contribution >= 0.6 is 0 Å². The maximum Gasteiger partial charge on any atom is 0.154 e. The number of benzene rings is 2. The second kappa shape index (κ2) is 6.10. The summed E-state index contributed by atoms with van der Waals surface area (Å²) in [6.07, 6.45) is 3.81. The van der Waals surface area contributed by atoms with Gasteiger partial charge in [-0.3, -0.25) is 9.69 Å². The van der Waals surface area contributed by atoms with Crippen LogP contribution in [0.3, 0.4) is 0 Å². The highest BCUT2D eigenvalue weighted by Crippen LogP contribution is 2.49. The van der Waals surface area contributed by atoms with Crippen molar-refractivity contribution in [2.45, 2.75) is 31.2 Å². The van der Waals surface area contributed by atoms with E-state index < -0.39 is 0 Å². The van der Waals surface area contributed by atoms with Gasteiger partial charge in [-0.05, 0) is 35.8 Å². The van der Waals surface area contributed by atoms with Gasteiger partial charge < -0.3 is 0 Å². The Kier molecular flexibility index (Phi) is 3.74. The number of fused-ring (bicyclic) bond motifs is 1. The van der Waals surface area contributed by atoms with Crippen LogP contribution in [0.25, 0.3) is 0 Å². The number of piperidine rings is 3. The lowest BCUT2D eigenvalue weighted by atomic mass is 9.60. The molecule has 25 heavy (non-hydrogen) atoms. The molecule has 2 aromatic rings. The minimum absolute atomic E-state index is 0.0143. The Labute approximate surface area is 149 Å². The molecule has 3 heterocycles. The van der Waals surface area contributed by atoms with Crippen LogP contribution in [-0.2, 0) is 4.79 Å². The molecule has 0 aromatic heterocycles. The molecule has 0 radical (unpaired) electrons. The van der Waals surface area contributed by atoms with E-state index >= 15 is 0 Å². The third-order valence-corrected chi connectivity index (χ3v) is 6.75. The van der Waals surface area contributed by atoms with Gasteiger partial charge >= 0.3 is 0 Å². The van der Waals surface area contributed by atoms with Crippen LogP contribution in [0.1, 0.15) is 36.3 Å². The van der Waals surface area contributed by atoms with Crippen LogP contribution in [0.2, 0.25) is 0 Å². The normalized spacial score (nSPS) is 33.6. The molecule has 5 atom stereocenters. The van der Waals surface area contributed by atoms with Gasteiger partial charge in [-0.25, -0.2) is 0 Å². The number of carbonyl (C=O) groups excluding carboxylic acids is 1. The first-order chi connectivity index (χ1) is 12.3. The van der Waals surface area contributed by atoms with E-state index in [0.29, 0.717) is 23.5 Å². The van der Waals surface area contributed by atoms with Crippen molar-refractivity contribution < 1.29 is 4.79 Å². The predicted molar refractivity (Wildman–Crippen MR) is 99.4 cm³/mol. The predicted octanol–water partition coefficient (Wildman–Crippen LogP) is 4.12. The molecule has 128 valence electrons. The van der Waals surface area contributed by atoms with E-state index in [1.54, 1.807) is 0 Å². The third-order valence-electron chi connectivity index (χ3n) is 6.75. The lowest BCUT2D eigenvalue weighted by Crippen LogP contribution is -2.65. The maximum atomic E-state index is 13.5. The number of Topliss-reactive ketones (excluding diaryl/α,β-unsaturated/α-hetero) is 1. The molecule has 0 amide bonds. The maximum absolute atomic E-state index is 13.5. The molecule has 6 rings (SSSR count). The smallest absolute Gasteiger partial charge is 0.154 e. The lowest BCUT2D eigenvalue weighted by Gasteiger charge is -2.56. The molecule has 0 spiro atoms. The Morgan fingerprint density at radius 2 is 1.32 bits per heavy atom. The van der Waals surface area contributed by atoms with Gasteiger partial charge in [0.2, 0.25) is 0 Å². The van der Waals surface area contributed by atoms with Crippen molar-refractivity contribution in [2.24, 2.45) is 17.8 Å². The summed E-state index contributed by atoms with van der Waals surface area (Å²) in [4.78, 5) is 16.1. The minimum atomic E-state index is 0.0143. The van der Waals surface area contributed by atoms with E-state index in [4.69, 9.17) is 0 Å². The molecular formula is C23H25NO. The Morgan fingerprint density at radius 3 is 1.80 bits per heavy atom. The van der Waals surface area contributed by atoms with Gasteiger partial charge in [-0.1, -0.05) is 67.1 Å². The van der Waals surface area contributed by atoms with Gasteiger partial charge in [0.15, 0.2) is 5.78 Å². The van der Waals surface area contributed by atoms with Crippen molar-refractivity contribution in [1.29, 1.82) is 0 Å². The van der Waals surface area contributed by atoms with Crippen LogP contribution in [0.5, 0.6) is 0 Å². The van der Waals surface area contributed by atoms with Gasteiger partial charge in [0.05, 0.1) is 6.04 Å². The number of hydrogen-bond acceptors (Lipinski definition) is 2. The fourth-order valence-electron chi connectivity index (χ4n) is 5.79. The molecule has 3 unspecified atom stereocenters. The summed E-state index contributed by atoms with van der Waals surface area (Å²) < 4.78 is 0. The second-order valence-electron chi connectivity index (χ2n) is 8.08. The van der Waals surface area contributed by atoms with Gasteiger partial charge in [-0.15, -0.1) is 0 Å². The summed E-state index contributed by atoms with van der Waals surface area (Å²) in [6.45, 7) is 2.24. The van der Waals surface area contributed by atoms with Crippen LogP contribution in [0, 0.1) is 17.8 Å². The molecule has 1 saturated carbocycles. The highest BCUT2D eigenvalue weighted by molar-refractivity contribution is 5.90. The first-order valence-electron chi connectivity index (χ1n) is 9.70. The molecule has 4 bridgehead atoms. The second-order valence-corrected chi connectivity index (χ2v) is 8.08. The molecule has 2 aromatic carbocycles. The van der Waals surface area contributed by atoms with E-state index in [2.05, 4.69) is 65.6 Å². The Hall–Kier alpha value is -1.93. The fourth-order valence-corrected chi connectivity index (χ4v) is 5.79. The SMILES string of the molecule is O=C1C2[C@@H]3CCC[C@H]2CN(C3)C1C(c1ccccc1)c1ccccc1. The van der Waals surface area contributed by atoms with Gasteiger partial charge in [0.25, 0.3) is 0 Å². The summed E-state index contributed by atoms with van der Waals surface area (Å²) in [5.41, 5.74) is 2.54. The molecular weight excluding hydrogens is 306 g/mol. The number of ketones is 1. The highest BCUT2D eigenvalue weighted by Gasteiger charge is 2.54. The summed E-state index contributed by atoms with van der Waals surface area (Å²) in [5.74, 6) is 2.22. The van der Waals surface area contributed by atoms with E-state index in [-0.39, 0.29) is 12.0 Å². The first-order valence-corrected chi connectivity index (χ1v) is 9.70. The van der Waals surface area contributed by atoms with Gasteiger partial charge in [0.1, 0.15) is 0 Å². The molecule has 2 heteroatoms. The van der Waals surface area contributed by atoms with Crippen LogP contribution < -0.4 is 0 Å². The van der Waals surface area contributed by atoms with Gasteiger partial charge in [-0.2, -0.15) is 0 Å². The van der Waals surface area contributed by atoms with E-state index in [1.165, 1.54) is 30.4 Å². The standard InChI is InChI=1S/C23H25NO/c25-23-21-18-12-7-13-19(21)15-24(14-18)22(23)20(16-8-3-1-4-9-16)17-10-5-2-6-11-17/h1-6,8-11,18-22H,7,12-15H2/t18-,19+,21?,22?. The van der Waals surface area contributed by atoms with Crippen LogP contribution in [-0.4, -0.2) is 29.8 Å². The summed E-state index contributed by atoms with van der Waals surface area (Å²) >= 11 is 0. The van der Waals surface area contributed by atoms with E-state index in [9.17, 15) is 4.79 Å². The topological polar surface area (TPSA) is 20.3 Å². The Morgan fingerprint density at radius 1 is 0.800 bits per heavy atom. The molecule has 0 N–H and O–H groups in total. The zero-order chi connectivity index (χ0) is 16.8. The zero-order valence-corrected chi connectivity index (χ0v) is 14.6. The Balaban J connectivity index is 1.58. The highest BCUT2D eigenvalue weighted by atomic mass is 16.1. The first kappa shape index (κ1) is 15.3. The molecule has 3 aliphatic heterocycles. The monoisotopic (exact) mass is 331 g/mol. The Bertz CT molecular complexity index is 703. The average Bonchev–Trinajstić information content (AvgIpc) is 2.65. The van der Waals surface area contributed by atoms with Crippen molar-refractivity contribution >= 4 is 5.78 Å². The van der Waals surface area contributed by atoms with E-state index in [0.717, 1.165) is 13.1 Å². The molecule has 4 fully saturated rings. The average molecular weight is 331 g/mol. The van der Waals surface area contributed by atoms with Crippen molar-refractivity contribution in [3.05, 3.63) is 71.8 Å². The minimum Gasteiger partial charge on any atom is -0.298 e. The zero-order valence-electron chi connectivity index (χ0n) is 14.6.